The van der Waals surface area contributed by atoms with E-state index in [0.29, 0.717) is 17.8 Å². The number of methoxy groups -OCH3 is 1. The number of para-hydroxylation sites is 1. The van der Waals surface area contributed by atoms with Gasteiger partial charge in [0.1, 0.15) is 11.8 Å². The minimum Gasteiger partial charge on any atom is -0.497 e. The van der Waals surface area contributed by atoms with Crippen molar-refractivity contribution in [2.45, 2.75) is 25.4 Å². The molecule has 8 nitrogen and oxygen atoms in total. The summed E-state index contributed by atoms with van der Waals surface area (Å²) in [7, 11) is 1.64. The van der Waals surface area contributed by atoms with Crippen LogP contribution in [0.15, 0.2) is 54.7 Å². The fraction of sp³-hybridized carbons (Fsp3) is 0.261. The standard InChI is InChI=1S/C23H24N4O4/c1-31-16-7-8-20-15(13-16)9-12-27(20)11-4-10-24-21(28)14-19-23(30)25-18-6-3-2-5-17(18)22(29)26-19/h2-3,5-9,12-13,19H,4,10-11,14H2,1H3,(H,24,28)(H,25,30)(H,26,29)/t19-/m0/s1. The van der Waals surface area contributed by atoms with Gasteiger partial charge in [0.2, 0.25) is 11.8 Å². The number of amides is 3. The number of hydrogen-bond acceptors (Lipinski definition) is 4. The Balaban J connectivity index is 1.27. The van der Waals surface area contributed by atoms with E-state index in [2.05, 4.69) is 20.5 Å². The summed E-state index contributed by atoms with van der Waals surface area (Å²) in [6.07, 6.45) is 2.63. The van der Waals surface area contributed by atoms with E-state index in [0.717, 1.165) is 29.6 Å². The Morgan fingerprint density at radius 3 is 2.84 bits per heavy atom. The molecule has 0 unspecified atom stereocenters. The van der Waals surface area contributed by atoms with Crippen LogP contribution < -0.4 is 20.7 Å². The molecule has 1 aliphatic heterocycles. The van der Waals surface area contributed by atoms with Crippen molar-refractivity contribution in [1.82, 2.24) is 15.2 Å². The largest absolute Gasteiger partial charge is 0.497 e. The Morgan fingerprint density at radius 2 is 2.00 bits per heavy atom. The number of benzene rings is 2. The third kappa shape index (κ3) is 4.53. The van der Waals surface area contributed by atoms with Gasteiger partial charge >= 0.3 is 0 Å². The fourth-order valence-corrected chi connectivity index (χ4v) is 3.69. The maximum Gasteiger partial charge on any atom is 0.254 e. The first-order valence-electron chi connectivity index (χ1n) is 10.2. The van der Waals surface area contributed by atoms with Crippen molar-refractivity contribution in [1.29, 1.82) is 0 Å². The van der Waals surface area contributed by atoms with Gasteiger partial charge in [0, 0.05) is 30.2 Å². The number of carbonyl (C=O) groups excluding carboxylic acids is 3. The van der Waals surface area contributed by atoms with Gasteiger partial charge in [-0.05, 0) is 42.8 Å². The normalized spacial score (nSPS) is 15.6. The van der Waals surface area contributed by atoms with Gasteiger partial charge < -0.3 is 25.3 Å². The third-order valence-corrected chi connectivity index (χ3v) is 5.32. The number of aryl methyl sites for hydroxylation is 1. The Morgan fingerprint density at radius 1 is 1.16 bits per heavy atom. The lowest BCUT2D eigenvalue weighted by atomic mass is 10.1. The van der Waals surface area contributed by atoms with Crippen LogP contribution in [0.3, 0.4) is 0 Å². The number of nitrogens with zero attached hydrogens (tertiary/aromatic N) is 1. The van der Waals surface area contributed by atoms with Crippen molar-refractivity contribution in [2.75, 3.05) is 19.0 Å². The van der Waals surface area contributed by atoms with Crippen LogP contribution >= 0.6 is 0 Å². The molecular formula is C23H24N4O4. The van der Waals surface area contributed by atoms with Crippen molar-refractivity contribution in [3.05, 3.63) is 60.3 Å². The summed E-state index contributed by atoms with van der Waals surface area (Å²) in [5, 5.41) is 9.27. The molecule has 1 aromatic heterocycles. The van der Waals surface area contributed by atoms with E-state index < -0.39 is 11.9 Å². The van der Waals surface area contributed by atoms with E-state index in [1.54, 1.807) is 31.4 Å². The van der Waals surface area contributed by atoms with E-state index in [4.69, 9.17) is 4.74 Å². The number of carbonyl (C=O) groups is 3. The monoisotopic (exact) mass is 420 g/mol. The van der Waals surface area contributed by atoms with Crippen LogP contribution in [0.4, 0.5) is 5.69 Å². The van der Waals surface area contributed by atoms with Crippen molar-refractivity contribution >= 4 is 34.3 Å². The predicted octanol–water partition coefficient (Wildman–Crippen LogP) is 2.30. The molecule has 1 atom stereocenters. The second kappa shape index (κ2) is 8.91. The minimum absolute atomic E-state index is 0.113. The van der Waals surface area contributed by atoms with Crippen LogP contribution in [0.1, 0.15) is 23.2 Å². The topological polar surface area (TPSA) is 101 Å². The first-order valence-corrected chi connectivity index (χ1v) is 10.2. The van der Waals surface area contributed by atoms with Gasteiger partial charge in [-0.25, -0.2) is 0 Å². The molecule has 1 aliphatic rings. The van der Waals surface area contributed by atoms with Gasteiger partial charge in [0.25, 0.3) is 5.91 Å². The molecular weight excluding hydrogens is 396 g/mol. The minimum atomic E-state index is -0.914. The number of nitrogens with one attached hydrogen (secondary N) is 3. The van der Waals surface area contributed by atoms with Gasteiger partial charge in [-0.1, -0.05) is 12.1 Å². The molecule has 2 heterocycles. The summed E-state index contributed by atoms with van der Waals surface area (Å²) in [5.74, 6) is -0.241. The lowest BCUT2D eigenvalue weighted by Crippen LogP contribution is -2.44. The van der Waals surface area contributed by atoms with Crippen LogP contribution in [-0.4, -0.2) is 42.0 Å². The molecule has 0 fully saturated rings. The zero-order valence-corrected chi connectivity index (χ0v) is 17.2. The molecule has 3 amide bonds. The second-order valence-corrected chi connectivity index (χ2v) is 7.40. The zero-order valence-electron chi connectivity index (χ0n) is 17.2. The molecule has 160 valence electrons. The lowest BCUT2D eigenvalue weighted by molar-refractivity contribution is -0.125. The van der Waals surface area contributed by atoms with Crippen LogP contribution in [-0.2, 0) is 16.1 Å². The summed E-state index contributed by atoms with van der Waals surface area (Å²) >= 11 is 0. The molecule has 0 saturated carbocycles. The van der Waals surface area contributed by atoms with Crippen molar-refractivity contribution in [3.8, 4) is 5.75 Å². The summed E-state index contributed by atoms with van der Waals surface area (Å²) in [6, 6.07) is 13.8. The zero-order chi connectivity index (χ0) is 21.8. The van der Waals surface area contributed by atoms with E-state index >= 15 is 0 Å². The number of anilines is 1. The van der Waals surface area contributed by atoms with Gasteiger partial charge in [0.15, 0.2) is 0 Å². The third-order valence-electron chi connectivity index (χ3n) is 5.32. The van der Waals surface area contributed by atoms with Crippen LogP contribution in [0.2, 0.25) is 0 Å². The number of aromatic nitrogens is 1. The number of fused-ring (bicyclic) bond motifs is 2. The van der Waals surface area contributed by atoms with E-state index in [1.165, 1.54) is 0 Å². The summed E-state index contributed by atoms with van der Waals surface area (Å²) in [6.45, 7) is 1.21. The van der Waals surface area contributed by atoms with Crippen molar-refractivity contribution in [3.63, 3.8) is 0 Å². The highest BCUT2D eigenvalue weighted by Crippen LogP contribution is 2.22. The fourth-order valence-electron chi connectivity index (χ4n) is 3.69. The number of hydrogen-bond donors (Lipinski definition) is 3. The first-order chi connectivity index (χ1) is 15.0. The molecule has 3 N–H and O–H groups in total. The second-order valence-electron chi connectivity index (χ2n) is 7.40. The molecule has 0 bridgehead atoms. The Labute approximate surface area is 179 Å². The molecule has 0 spiro atoms. The van der Waals surface area contributed by atoms with E-state index in [-0.39, 0.29) is 18.2 Å². The van der Waals surface area contributed by atoms with Crippen molar-refractivity contribution < 1.29 is 19.1 Å². The Kier molecular flexibility index (Phi) is 5.88. The average molecular weight is 420 g/mol. The Bertz CT molecular complexity index is 1140. The quantitative estimate of drug-likeness (QED) is 0.511. The maximum atomic E-state index is 12.4. The van der Waals surface area contributed by atoms with Gasteiger partial charge in [-0.15, -0.1) is 0 Å². The molecule has 8 heteroatoms. The molecule has 2 aromatic carbocycles. The van der Waals surface area contributed by atoms with Gasteiger partial charge in [-0.2, -0.15) is 0 Å². The highest BCUT2D eigenvalue weighted by Gasteiger charge is 2.29. The molecule has 31 heavy (non-hydrogen) atoms. The Hall–Kier alpha value is -3.81. The summed E-state index contributed by atoms with van der Waals surface area (Å²) < 4.78 is 7.37. The summed E-state index contributed by atoms with van der Waals surface area (Å²) in [5.41, 5.74) is 1.93. The highest BCUT2D eigenvalue weighted by atomic mass is 16.5. The van der Waals surface area contributed by atoms with Gasteiger partial charge in [0.05, 0.1) is 24.8 Å². The average Bonchev–Trinajstić information content (AvgIpc) is 3.13. The summed E-state index contributed by atoms with van der Waals surface area (Å²) in [4.78, 5) is 37.1. The van der Waals surface area contributed by atoms with Gasteiger partial charge in [-0.3, -0.25) is 14.4 Å². The number of ether oxygens (including phenoxy) is 1. The van der Waals surface area contributed by atoms with E-state index in [9.17, 15) is 14.4 Å². The smallest absolute Gasteiger partial charge is 0.254 e. The van der Waals surface area contributed by atoms with E-state index in [1.807, 2.05) is 30.5 Å². The molecule has 0 aliphatic carbocycles. The molecule has 3 aromatic rings. The maximum absolute atomic E-state index is 12.4. The highest BCUT2D eigenvalue weighted by molar-refractivity contribution is 6.10. The molecule has 0 saturated heterocycles. The molecule has 4 rings (SSSR count). The molecule has 0 radical (unpaired) electrons. The lowest BCUT2D eigenvalue weighted by Gasteiger charge is -2.14. The number of rotatable bonds is 7. The van der Waals surface area contributed by atoms with Crippen molar-refractivity contribution in [2.24, 2.45) is 0 Å². The van der Waals surface area contributed by atoms with Crippen LogP contribution in [0, 0.1) is 0 Å². The van der Waals surface area contributed by atoms with Crippen LogP contribution in [0.5, 0.6) is 5.75 Å². The van der Waals surface area contributed by atoms with Crippen LogP contribution in [0.25, 0.3) is 10.9 Å². The first kappa shape index (κ1) is 20.5. The SMILES string of the molecule is COc1ccc2c(ccn2CCCNC(=O)C[C@@H]2NC(=O)c3ccccc3NC2=O)c1. The predicted molar refractivity (Wildman–Crippen MR) is 117 cm³/mol.